The first-order chi connectivity index (χ1) is 11.5. The van der Waals surface area contributed by atoms with Crippen LogP contribution in [0.4, 0.5) is 8.78 Å². The van der Waals surface area contributed by atoms with E-state index in [1.165, 1.54) is 17.4 Å². The van der Waals surface area contributed by atoms with E-state index in [9.17, 15) is 18.7 Å². The minimum atomic E-state index is -1.25. The van der Waals surface area contributed by atoms with Crippen LogP contribution in [0.15, 0.2) is 48.5 Å². The van der Waals surface area contributed by atoms with E-state index >= 15 is 0 Å². The first-order valence-corrected chi connectivity index (χ1v) is 7.86. The summed E-state index contributed by atoms with van der Waals surface area (Å²) < 4.78 is 28.6. The molecular weight excluding hydrogens is 332 g/mol. The number of aromatic carboxylic acids is 1. The number of fused-ring (bicyclic) bond motifs is 2. The summed E-state index contributed by atoms with van der Waals surface area (Å²) in [6.07, 6.45) is 0. The van der Waals surface area contributed by atoms with Crippen LogP contribution in [0.5, 0.6) is 0 Å². The molecule has 0 spiro atoms. The van der Waals surface area contributed by atoms with Crippen LogP contribution in [0.2, 0.25) is 0 Å². The molecular formula is C18H9F2NO2S. The van der Waals surface area contributed by atoms with Crippen molar-refractivity contribution >= 4 is 38.3 Å². The molecule has 0 bridgehead atoms. The van der Waals surface area contributed by atoms with Crippen molar-refractivity contribution in [2.75, 3.05) is 0 Å². The predicted molar refractivity (Wildman–Crippen MR) is 89.4 cm³/mol. The van der Waals surface area contributed by atoms with Crippen LogP contribution in [-0.2, 0) is 0 Å². The van der Waals surface area contributed by atoms with Crippen molar-refractivity contribution in [3.8, 4) is 10.6 Å². The number of halogens is 2. The Morgan fingerprint density at radius 1 is 1.08 bits per heavy atom. The topological polar surface area (TPSA) is 50.2 Å². The molecule has 3 nitrogen and oxygen atoms in total. The third kappa shape index (κ3) is 2.32. The van der Waals surface area contributed by atoms with Crippen LogP contribution in [-0.4, -0.2) is 16.1 Å². The van der Waals surface area contributed by atoms with Gasteiger partial charge in [-0.05, 0) is 29.7 Å². The van der Waals surface area contributed by atoms with Crippen molar-refractivity contribution in [1.29, 1.82) is 0 Å². The first kappa shape index (κ1) is 14.7. The van der Waals surface area contributed by atoms with Crippen molar-refractivity contribution in [2.45, 2.75) is 0 Å². The highest BCUT2D eigenvalue weighted by atomic mass is 32.1. The Kier molecular flexibility index (Phi) is 3.28. The normalized spacial score (nSPS) is 11.2. The average Bonchev–Trinajstić information content (AvgIpc) is 2.98. The summed E-state index contributed by atoms with van der Waals surface area (Å²) in [5, 5.41) is 10.4. The number of nitrogens with zero attached hydrogens (tertiary/aromatic N) is 1. The molecule has 0 atom stereocenters. The molecule has 6 heteroatoms. The van der Waals surface area contributed by atoms with E-state index in [4.69, 9.17) is 0 Å². The second-order valence-electron chi connectivity index (χ2n) is 5.29. The zero-order valence-electron chi connectivity index (χ0n) is 12.1. The van der Waals surface area contributed by atoms with Gasteiger partial charge in [-0.25, -0.2) is 18.6 Å². The molecule has 0 saturated carbocycles. The predicted octanol–water partition coefficient (Wildman–Crippen LogP) is 5.09. The minimum Gasteiger partial charge on any atom is -0.478 e. The van der Waals surface area contributed by atoms with E-state index in [-0.39, 0.29) is 16.5 Å². The van der Waals surface area contributed by atoms with E-state index in [1.54, 1.807) is 0 Å². The molecule has 0 fully saturated rings. The summed E-state index contributed by atoms with van der Waals surface area (Å²) in [6, 6.07) is 12.6. The molecule has 0 radical (unpaired) electrons. The Bertz CT molecular complexity index is 1090. The number of pyridine rings is 1. The van der Waals surface area contributed by atoms with Gasteiger partial charge in [-0.3, -0.25) is 0 Å². The quantitative estimate of drug-likeness (QED) is 0.552. The van der Waals surface area contributed by atoms with Gasteiger partial charge in [0.1, 0.15) is 11.3 Å². The molecule has 2 aromatic heterocycles. The van der Waals surface area contributed by atoms with Gasteiger partial charge in [0.25, 0.3) is 0 Å². The van der Waals surface area contributed by atoms with Gasteiger partial charge in [-0.1, -0.05) is 18.2 Å². The van der Waals surface area contributed by atoms with Gasteiger partial charge in [-0.15, -0.1) is 11.3 Å². The molecule has 4 rings (SSSR count). The first-order valence-electron chi connectivity index (χ1n) is 7.05. The van der Waals surface area contributed by atoms with Crippen LogP contribution >= 0.6 is 11.3 Å². The SMILES string of the molecule is O=C(O)c1cc(-c2cc3ccccc3s2)nc2c(F)cc(F)cc12. The lowest BCUT2D eigenvalue weighted by Gasteiger charge is -2.07. The number of hydrogen-bond acceptors (Lipinski definition) is 3. The van der Waals surface area contributed by atoms with E-state index in [1.807, 2.05) is 30.3 Å². The summed E-state index contributed by atoms with van der Waals surface area (Å²) in [7, 11) is 0. The number of carboxylic acid groups (broad SMARTS) is 1. The fourth-order valence-corrected chi connectivity index (χ4v) is 3.69. The van der Waals surface area contributed by atoms with Gasteiger partial charge < -0.3 is 5.11 Å². The average molecular weight is 341 g/mol. The zero-order valence-corrected chi connectivity index (χ0v) is 12.9. The molecule has 0 amide bonds. The minimum absolute atomic E-state index is 0.0511. The van der Waals surface area contributed by atoms with Gasteiger partial charge in [0.2, 0.25) is 0 Å². The highest BCUT2D eigenvalue weighted by Crippen LogP contribution is 2.34. The second-order valence-corrected chi connectivity index (χ2v) is 6.38. The molecule has 2 heterocycles. The van der Waals surface area contributed by atoms with Crippen LogP contribution in [0.1, 0.15) is 10.4 Å². The smallest absolute Gasteiger partial charge is 0.336 e. The highest BCUT2D eigenvalue weighted by Gasteiger charge is 2.17. The standard InChI is InChI=1S/C18H9F2NO2S/c19-10-6-11-12(18(22)23)8-14(21-17(11)13(20)7-10)16-5-9-3-1-2-4-15(9)24-16/h1-8H,(H,22,23). The number of carbonyl (C=O) groups is 1. The molecule has 0 unspecified atom stereocenters. The largest absolute Gasteiger partial charge is 0.478 e. The van der Waals surface area contributed by atoms with Crippen molar-refractivity contribution in [3.05, 3.63) is 65.7 Å². The van der Waals surface area contributed by atoms with Crippen molar-refractivity contribution < 1.29 is 18.7 Å². The number of carboxylic acids is 1. The van der Waals surface area contributed by atoms with E-state index in [0.29, 0.717) is 11.8 Å². The van der Waals surface area contributed by atoms with E-state index in [2.05, 4.69) is 4.98 Å². The molecule has 0 aliphatic carbocycles. The Morgan fingerprint density at radius 2 is 1.88 bits per heavy atom. The molecule has 0 aliphatic rings. The summed E-state index contributed by atoms with van der Waals surface area (Å²) in [4.78, 5) is 16.5. The molecule has 24 heavy (non-hydrogen) atoms. The van der Waals surface area contributed by atoms with Crippen LogP contribution < -0.4 is 0 Å². The second kappa shape index (κ2) is 5.35. The summed E-state index contributed by atoms with van der Waals surface area (Å²) in [5.74, 6) is -2.97. The summed E-state index contributed by atoms with van der Waals surface area (Å²) >= 11 is 1.44. The van der Waals surface area contributed by atoms with Crippen molar-refractivity contribution in [2.24, 2.45) is 0 Å². The zero-order chi connectivity index (χ0) is 16.8. The molecule has 1 N–H and O–H groups in total. The molecule has 4 aromatic rings. The van der Waals surface area contributed by atoms with Crippen molar-refractivity contribution in [3.63, 3.8) is 0 Å². The summed E-state index contributed by atoms with van der Waals surface area (Å²) in [6.45, 7) is 0. The van der Waals surface area contributed by atoms with Crippen LogP contribution in [0.3, 0.4) is 0 Å². The maximum atomic E-state index is 14.1. The Labute approximate surface area is 138 Å². The maximum absolute atomic E-state index is 14.1. The molecule has 0 aliphatic heterocycles. The number of hydrogen-bond donors (Lipinski definition) is 1. The molecule has 0 saturated heterocycles. The van der Waals surface area contributed by atoms with Gasteiger partial charge in [0.05, 0.1) is 16.1 Å². The lowest BCUT2D eigenvalue weighted by molar-refractivity contribution is 0.0699. The Hall–Kier alpha value is -2.86. The van der Waals surface area contributed by atoms with Crippen LogP contribution in [0, 0.1) is 11.6 Å². The van der Waals surface area contributed by atoms with Gasteiger partial charge in [0.15, 0.2) is 5.82 Å². The third-order valence-corrected chi connectivity index (χ3v) is 4.88. The number of thiophene rings is 1. The fraction of sp³-hybridized carbons (Fsp3) is 0. The Morgan fingerprint density at radius 3 is 2.62 bits per heavy atom. The maximum Gasteiger partial charge on any atom is 0.336 e. The Balaban J connectivity index is 2.04. The van der Waals surface area contributed by atoms with Gasteiger partial charge in [0, 0.05) is 16.2 Å². The lowest BCUT2D eigenvalue weighted by Crippen LogP contribution is -2.01. The van der Waals surface area contributed by atoms with E-state index < -0.39 is 17.6 Å². The number of aromatic nitrogens is 1. The van der Waals surface area contributed by atoms with Crippen LogP contribution in [0.25, 0.3) is 31.6 Å². The van der Waals surface area contributed by atoms with Gasteiger partial charge in [-0.2, -0.15) is 0 Å². The number of rotatable bonds is 2. The van der Waals surface area contributed by atoms with E-state index in [0.717, 1.165) is 21.0 Å². The molecule has 118 valence electrons. The summed E-state index contributed by atoms with van der Waals surface area (Å²) in [5.41, 5.74) is 0.0289. The highest BCUT2D eigenvalue weighted by molar-refractivity contribution is 7.22. The van der Waals surface area contributed by atoms with Gasteiger partial charge >= 0.3 is 5.97 Å². The van der Waals surface area contributed by atoms with Crippen molar-refractivity contribution in [1.82, 2.24) is 4.98 Å². The third-order valence-electron chi connectivity index (χ3n) is 3.74. The number of benzene rings is 2. The fourth-order valence-electron chi connectivity index (χ4n) is 2.66. The molecule has 2 aromatic carbocycles. The monoisotopic (exact) mass is 341 g/mol. The lowest BCUT2D eigenvalue weighted by atomic mass is 10.1.